The molecule has 0 aliphatic rings. The van der Waals surface area contributed by atoms with Crippen LogP contribution in [-0.2, 0) is 6.54 Å². The van der Waals surface area contributed by atoms with Crippen LogP contribution in [0, 0.1) is 6.92 Å². The molecule has 0 radical (unpaired) electrons. The molecule has 2 N–H and O–H groups in total. The van der Waals surface area contributed by atoms with E-state index in [1.165, 1.54) is 11.3 Å². The lowest BCUT2D eigenvalue weighted by Gasteiger charge is -2.10. The van der Waals surface area contributed by atoms with E-state index in [0.29, 0.717) is 17.9 Å². The standard InChI is InChI=1S/C13H14ClNO3S/c1-7-5-9(18-12(7)13(16)17)6-15-8(2)10-3-4-11(14)19-10/h3-5,8,15H,6H2,1-2H3,(H,16,17). The minimum atomic E-state index is -1.04. The average molecular weight is 300 g/mol. The number of aromatic carboxylic acids is 1. The van der Waals surface area contributed by atoms with Gasteiger partial charge in [-0.3, -0.25) is 0 Å². The molecule has 1 atom stereocenters. The Morgan fingerprint density at radius 2 is 2.32 bits per heavy atom. The van der Waals surface area contributed by atoms with Crippen LogP contribution in [0.3, 0.4) is 0 Å². The lowest BCUT2D eigenvalue weighted by molar-refractivity contribution is 0.0659. The Balaban J connectivity index is 1.99. The van der Waals surface area contributed by atoms with Crippen molar-refractivity contribution in [1.29, 1.82) is 0 Å². The van der Waals surface area contributed by atoms with Crippen molar-refractivity contribution in [2.24, 2.45) is 0 Å². The maximum absolute atomic E-state index is 10.9. The van der Waals surface area contributed by atoms with Crippen LogP contribution < -0.4 is 5.32 Å². The zero-order valence-corrected chi connectivity index (χ0v) is 12.1. The number of halogens is 1. The van der Waals surface area contributed by atoms with Crippen molar-refractivity contribution in [2.75, 3.05) is 0 Å². The molecule has 2 rings (SSSR count). The number of hydrogen-bond acceptors (Lipinski definition) is 4. The Labute approximate surface area is 120 Å². The number of nitrogens with one attached hydrogen (secondary N) is 1. The largest absolute Gasteiger partial charge is 0.475 e. The van der Waals surface area contributed by atoms with E-state index in [9.17, 15) is 4.79 Å². The third-order valence-electron chi connectivity index (χ3n) is 2.77. The summed E-state index contributed by atoms with van der Waals surface area (Å²) in [6.07, 6.45) is 0. The van der Waals surface area contributed by atoms with Gasteiger partial charge in [0.25, 0.3) is 0 Å². The summed E-state index contributed by atoms with van der Waals surface area (Å²) in [4.78, 5) is 12.0. The minimum Gasteiger partial charge on any atom is -0.475 e. The summed E-state index contributed by atoms with van der Waals surface area (Å²) in [5.74, 6) is -0.421. The highest BCUT2D eigenvalue weighted by Crippen LogP contribution is 2.27. The number of thiophene rings is 1. The van der Waals surface area contributed by atoms with Crippen LogP contribution in [0.25, 0.3) is 0 Å². The first-order valence-electron chi connectivity index (χ1n) is 5.78. The maximum Gasteiger partial charge on any atom is 0.372 e. The molecule has 2 aromatic heterocycles. The first-order valence-corrected chi connectivity index (χ1v) is 6.98. The zero-order valence-electron chi connectivity index (χ0n) is 10.6. The Morgan fingerprint density at radius 1 is 1.58 bits per heavy atom. The average Bonchev–Trinajstić information content (AvgIpc) is 2.92. The zero-order chi connectivity index (χ0) is 14.0. The number of carboxylic acid groups (broad SMARTS) is 1. The predicted octanol–water partition coefficient (Wildman–Crippen LogP) is 3.85. The molecule has 0 saturated carbocycles. The molecule has 0 amide bonds. The second kappa shape index (κ2) is 5.77. The van der Waals surface area contributed by atoms with Gasteiger partial charge in [-0.25, -0.2) is 4.79 Å². The molecule has 0 aromatic carbocycles. The van der Waals surface area contributed by atoms with Gasteiger partial charge < -0.3 is 14.8 Å². The molecular formula is C13H14ClNO3S. The Morgan fingerprint density at radius 3 is 2.84 bits per heavy atom. The quantitative estimate of drug-likeness (QED) is 0.880. The van der Waals surface area contributed by atoms with Gasteiger partial charge in [0.2, 0.25) is 5.76 Å². The van der Waals surface area contributed by atoms with Crippen LogP contribution in [0.2, 0.25) is 4.34 Å². The molecule has 4 nitrogen and oxygen atoms in total. The molecule has 0 aliphatic heterocycles. The summed E-state index contributed by atoms with van der Waals surface area (Å²) in [6, 6.07) is 5.71. The third kappa shape index (κ3) is 3.37. The number of carboxylic acids is 1. The highest BCUT2D eigenvalue weighted by molar-refractivity contribution is 7.16. The van der Waals surface area contributed by atoms with Crippen molar-refractivity contribution in [3.63, 3.8) is 0 Å². The summed E-state index contributed by atoms with van der Waals surface area (Å²) in [7, 11) is 0. The van der Waals surface area contributed by atoms with E-state index < -0.39 is 5.97 Å². The predicted molar refractivity (Wildman–Crippen MR) is 75.0 cm³/mol. The molecule has 102 valence electrons. The van der Waals surface area contributed by atoms with Crippen molar-refractivity contribution in [3.05, 3.63) is 44.5 Å². The van der Waals surface area contributed by atoms with Gasteiger partial charge in [-0.15, -0.1) is 11.3 Å². The van der Waals surface area contributed by atoms with E-state index in [1.54, 1.807) is 13.0 Å². The fraction of sp³-hybridized carbons (Fsp3) is 0.308. The highest BCUT2D eigenvalue weighted by Gasteiger charge is 2.15. The Kier molecular flexibility index (Phi) is 4.29. The van der Waals surface area contributed by atoms with E-state index in [2.05, 4.69) is 5.32 Å². The highest BCUT2D eigenvalue weighted by atomic mass is 35.5. The molecule has 2 aromatic rings. The van der Waals surface area contributed by atoms with Crippen LogP contribution in [0.5, 0.6) is 0 Å². The second-order valence-corrected chi connectivity index (χ2v) is 6.02. The van der Waals surface area contributed by atoms with Gasteiger partial charge in [-0.05, 0) is 32.0 Å². The lowest BCUT2D eigenvalue weighted by Crippen LogP contribution is -2.16. The minimum absolute atomic E-state index is 0.00335. The van der Waals surface area contributed by atoms with Crippen molar-refractivity contribution < 1.29 is 14.3 Å². The van der Waals surface area contributed by atoms with Gasteiger partial charge in [0.1, 0.15) is 5.76 Å². The summed E-state index contributed by atoms with van der Waals surface area (Å²) in [6.45, 7) is 4.22. The third-order valence-corrected chi connectivity index (χ3v) is 4.18. The SMILES string of the molecule is Cc1cc(CNC(C)c2ccc(Cl)s2)oc1C(=O)O. The molecule has 2 heterocycles. The molecule has 0 aliphatic carbocycles. The number of rotatable bonds is 5. The molecule has 0 fully saturated rings. The maximum atomic E-state index is 10.9. The van der Waals surface area contributed by atoms with Crippen LogP contribution in [0.15, 0.2) is 22.6 Å². The fourth-order valence-corrected chi connectivity index (χ4v) is 2.85. The van der Waals surface area contributed by atoms with Crippen molar-refractivity contribution in [1.82, 2.24) is 5.32 Å². The number of aryl methyl sites for hydroxylation is 1. The summed E-state index contributed by atoms with van der Waals surface area (Å²) in [5, 5.41) is 12.2. The van der Waals surface area contributed by atoms with Gasteiger partial charge in [0.05, 0.1) is 10.9 Å². The van der Waals surface area contributed by atoms with Crippen LogP contribution in [-0.4, -0.2) is 11.1 Å². The van der Waals surface area contributed by atoms with E-state index in [1.807, 2.05) is 19.1 Å². The molecule has 0 saturated heterocycles. The smallest absolute Gasteiger partial charge is 0.372 e. The molecule has 19 heavy (non-hydrogen) atoms. The lowest BCUT2D eigenvalue weighted by atomic mass is 10.2. The fourth-order valence-electron chi connectivity index (χ4n) is 1.76. The number of hydrogen-bond donors (Lipinski definition) is 2. The van der Waals surface area contributed by atoms with E-state index in [4.69, 9.17) is 21.1 Å². The Bertz CT molecular complexity index is 590. The van der Waals surface area contributed by atoms with Gasteiger partial charge >= 0.3 is 5.97 Å². The summed E-state index contributed by atoms with van der Waals surface area (Å²) in [5.41, 5.74) is 0.635. The topological polar surface area (TPSA) is 62.5 Å². The van der Waals surface area contributed by atoms with E-state index >= 15 is 0 Å². The van der Waals surface area contributed by atoms with Crippen molar-refractivity contribution >= 4 is 28.9 Å². The number of carbonyl (C=O) groups is 1. The van der Waals surface area contributed by atoms with Gasteiger partial charge in [0.15, 0.2) is 0 Å². The summed E-state index contributed by atoms with van der Waals surface area (Å²) < 4.78 is 6.04. The molecule has 0 spiro atoms. The number of furan rings is 1. The van der Waals surface area contributed by atoms with Crippen LogP contribution >= 0.6 is 22.9 Å². The second-order valence-electron chi connectivity index (χ2n) is 4.27. The van der Waals surface area contributed by atoms with E-state index in [-0.39, 0.29) is 11.8 Å². The molecule has 1 unspecified atom stereocenters. The summed E-state index contributed by atoms with van der Waals surface area (Å²) >= 11 is 7.41. The van der Waals surface area contributed by atoms with Crippen LogP contribution in [0.4, 0.5) is 0 Å². The van der Waals surface area contributed by atoms with Gasteiger partial charge in [-0.2, -0.15) is 0 Å². The van der Waals surface area contributed by atoms with E-state index in [0.717, 1.165) is 9.21 Å². The Hall–Kier alpha value is -1.30. The first-order chi connectivity index (χ1) is 8.97. The van der Waals surface area contributed by atoms with Gasteiger partial charge in [0, 0.05) is 16.5 Å². The normalized spacial score (nSPS) is 12.6. The van der Waals surface area contributed by atoms with Crippen molar-refractivity contribution in [3.8, 4) is 0 Å². The molecule has 0 bridgehead atoms. The molecule has 6 heteroatoms. The first kappa shape index (κ1) is 14.1. The van der Waals surface area contributed by atoms with Gasteiger partial charge in [-0.1, -0.05) is 11.6 Å². The molecular weight excluding hydrogens is 286 g/mol. The monoisotopic (exact) mass is 299 g/mol. The van der Waals surface area contributed by atoms with Crippen molar-refractivity contribution in [2.45, 2.75) is 26.4 Å². The van der Waals surface area contributed by atoms with Crippen LogP contribution in [0.1, 0.15) is 39.7 Å².